The number of benzene rings is 4. The van der Waals surface area contributed by atoms with Crippen molar-refractivity contribution in [1.29, 1.82) is 0 Å². The Labute approximate surface area is 255 Å². The summed E-state index contributed by atoms with van der Waals surface area (Å²) < 4.78 is 17.1. The predicted octanol–water partition coefficient (Wildman–Crippen LogP) is 7.44. The van der Waals surface area contributed by atoms with Gasteiger partial charge in [-0.25, -0.2) is 9.35 Å². The molecule has 42 heavy (non-hydrogen) atoms. The molecule has 1 unspecified atom stereocenters. The number of aliphatic hydroxyl groups excluding tert-OH is 1. The Morgan fingerprint density at radius 2 is 1.38 bits per heavy atom. The third-order valence-electron chi connectivity index (χ3n) is 7.01. The lowest BCUT2D eigenvalue weighted by Crippen LogP contribution is -2.10. The first-order valence-electron chi connectivity index (χ1n) is 14.5. The van der Waals surface area contributed by atoms with Crippen molar-refractivity contribution in [3.8, 4) is 16.9 Å². The summed E-state index contributed by atoms with van der Waals surface area (Å²) in [6.45, 7) is 10.5. The van der Waals surface area contributed by atoms with E-state index in [1.54, 1.807) is 12.1 Å². The van der Waals surface area contributed by atoms with Gasteiger partial charge in [0.05, 0.1) is 4.90 Å². The van der Waals surface area contributed by atoms with Crippen molar-refractivity contribution in [2.75, 3.05) is 20.7 Å². The Bertz CT molecular complexity index is 1390. The number of rotatable bonds is 11. The lowest BCUT2D eigenvalue weighted by molar-refractivity contribution is 0.298. The van der Waals surface area contributed by atoms with Crippen LogP contribution in [-0.2, 0) is 30.6 Å². The van der Waals surface area contributed by atoms with Gasteiger partial charge in [-0.3, -0.25) is 0 Å². The van der Waals surface area contributed by atoms with E-state index in [9.17, 15) is 9.32 Å². The van der Waals surface area contributed by atoms with Crippen molar-refractivity contribution in [2.24, 2.45) is 5.14 Å². The topological polar surface area (TPSA) is 75.8 Å². The van der Waals surface area contributed by atoms with E-state index in [-0.39, 0.29) is 6.61 Å². The first-order chi connectivity index (χ1) is 20.1. The SMILES string of the molecule is CC(C)c1cc(-c2ccccc2OCc2ccccc2)cc(C(C)C)c1CCO.CN(C)Cc1ccc(S(N)=O)cc1. The molecule has 4 aromatic carbocycles. The summed E-state index contributed by atoms with van der Waals surface area (Å²) in [5.74, 6) is 1.69. The van der Waals surface area contributed by atoms with Crippen LogP contribution in [0, 0.1) is 0 Å². The molecule has 1 atom stereocenters. The first-order valence-corrected chi connectivity index (χ1v) is 15.8. The van der Waals surface area contributed by atoms with Crippen LogP contribution >= 0.6 is 0 Å². The summed E-state index contributed by atoms with van der Waals surface area (Å²) in [4.78, 5) is 2.75. The Hall–Kier alpha value is -3.29. The van der Waals surface area contributed by atoms with E-state index in [2.05, 4.69) is 69.0 Å². The molecule has 3 N–H and O–H groups in total. The van der Waals surface area contributed by atoms with Crippen molar-refractivity contribution in [3.05, 3.63) is 119 Å². The second kappa shape index (κ2) is 16.4. The van der Waals surface area contributed by atoms with Gasteiger partial charge in [-0.1, -0.05) is 100 Å². The maximum absolute atomic E-state index is 10.9. The van der Waals surface area contributed by atoms with Crippen LogP contribution in [0.3, 0.4) is 0 Å². The molecule has 0 fully saturated rings. The van der Waals surface area contributed by atoms with E-state index in [1.165, 1.54) is 27.8 Å². The van der Waals surface area contributed by atoms with Crippen LogP contribution in [-0.4, -0.2) is 34.9 Å². The molecule has 6 heteroatoms. The highest BCUT2D eigenvalue weighted by Gasteiger charge is 2.17. The third-order valence-corrected chi connectivity index (χ3v) is 7.75. The van der Waals surface area contributed by atoms with Gasteiger partial charge in [-0.05, 0) is 83.9 Å². The molecular formula is C36H46N2O3S. The normalized spacial score (nSPS) is 11.9. The lowest BCUT2D eigenvalue weighted by Gasteiger charge is -2.22. The minimum atomic E-state index is -1.36. The maximum atomic E-state index is 10.9. The molecular weight excluding hydrogens is 540 g/mol. The smallest absolute Gasteiger partial charge is 0.127 e. The zero-order valence-electron chi connectivity index (χ0n) is 25.8. The molecule has 0 aliphatic rings. The Kier molecular flexibility index (Phi) is 12.9. The van der Waals surface area contributed by atoms with Gasteiger partial charge in [0.15, 0.2) is 0 Å². The zero-order valence-corrected chi connectivity index (χ0v) is 26.7. The second-order valence-electron chi connectivity index (χ2n) is 11.4. The molecule has 0 bridgehead atoms. The molecule has 0 aromatic heterocycles. The van der Waals surface area contributed by atoms with Crippen molar-refractivity contribution in [3.63, 3.8) is 0 Å². The average molecular weight is 587 g/mol. The third kappa shape index (κ3) is 9.63. The van der Waals surface area contributed by atoms with Gasteiger partial charge in [0.2, 0.25) is 0 Å². The number of ether oxygens (including phenoxy) is 1. The molecule has 0 aliphatic carbocycles. The van der Waals surface area contributed by atoms with Crippen molar-refractivity contribution < 1.29 is 14.1 Å². The van der Waals surface area contributed by atoms with Gasteiger partial charge in [0, 0.05) is 18.7 Å². The van der Waals surface area contributed by atoms with E-state index in [0.717, 1.165) is 23.4 Å². The number of nitrogens with zero attached hydrogens (tertiary/aromatic N) is 1. The lowest BCUT2D eigenvalue weighted by atomic mass is 9.84. The Morgan fingerprint density at radius 3 is 1.90 bits per heavy atom. The van der Waals surface area contributed by atoms with Crippen molar-refractivity contribution >= 4 is 11.0 Å². The zero-order chi connectivity index (χ0) is 30.6. The van der Waals surface area contributed by atoms with Crippen LogP contribution in [0.4, 0.5) is 0 Å². The van der Waals surface area contributed by atoms with Gasteiger partial charge >= 0.3 is 0 Å². The van der Waals surface area contributed by atoms with E-state index in [4.69, 9.17) is 9.88 Å². The molecule has 0 saturated heterocycles. The fraction of sp³-hybridized carbons (Fsp3) is 0.333. The van der Waals surface area contributed by atoms with Gasteiger partial charge in [0.25, 0.3) is 0 Å². The molecule has 5 nitrogen and oxygen atoms in total. The minimum Gasteiger partial charge on any atom is -0.488 e. The van der Waals surface area contributed by atoms with E-state index in [1.807, 2.05) is 56.6 Å². The highest BCUT2D eigenvalue weighted by atomic mass is 32.2. The molecule has 4 aromatic rings. The number of hydrogen-bond acceptors (Lipinski definition) is 4. The molecule has 224 valence electrons. The second-order valence-corrected chi connectivity index (χ2v) is 12.4. The van der Waals surface area contributed by atoms with Gasteiger partial charge in [-0.15, -0.1) is 0 Å². The highest BCUT2D eigenvalue weighted by molar-refractivity contribution is 7.82. The van der Waals surface area contributed by atoms with Crippen LogP contribution in [0.1, 0.15) is 67.3 Å². The number of aliphatic hydroxyl groups is 1. The summed E-state index contributed by atoms with van der Waals surface area (Å²) >= 11 is 0. The monoisotopic (exact) mass is 586 g/mol. The van der Waals surface area contributed by atoms with Crippen molar-refractivity contribution in [1.82, 2.24) is 4.90 Å². The highest BCUT2D eigenvalue weighted by Crippen LogP contribution is 2.37. The Morgan fingerprint density at radius 1 is 0.810 bits per heavy atom. The summed E-state index contributed by atoms with van der Waals surface area (Å²) in [5, 5.41) is 14.8. The predicted molar refractivity (Wildman–Crippen MR) is 176 cm³/mol. The number of nitrogens with two attached hydrogens (primary N) is 1. The first kappa shape index (κ1) is 33.2. The van der Waals surface area contributed by atoms with Crippen molar-refractivity contribution in [2.45, 2.75) is 64.0 Å². The van der Waals surface area contributed by atoms with E-state index >= 15 is 0 Å². The Balaban J connectivity index is 0.000000312. The molecule has 0 heterocycles. The standard InChI is InChI=1S/C27H32O2.C9H14N2OS/c1-19(2)25-16-22(17-26(20(3)4)24(25)14-15-28)23-12-8-9-13-27(23)29-18-21-10-6-5-7-11-21;1-11(2)7-8-3-5-9(6-4-8)13(10)12/h5-13,16-17,19-20,28H,14-15,18H2,1-4H3;3-6H,7,10H2,1-2H3. The molecule has 4 rings (SSSR count). The summed E-state index contributed by atoms with van der Waals surface area (Å²) in [7, 11) is 2.65. The molecule has 0 amide bonds. The van der Waals surface area contributed by atoms with Gasteiger partial charge < -0.3 is 14.7 Å². The fourth-order valence-corrected chi connectivity index (χ4v) is 5.37. The largest absolute Gasteiger partial charge is 0.488 e. The molecule has 0 radical (unpaired) electrons. The minimum absolute atomic E-state index is 0.176. The average Bonchev–Trinajstić information content (AvgIpc) is 2.97. The van der Waals surface area contributed by atoms with Crippen LogP contribution < -0.4 is 9.88 Å². The summed E-state index contributed by atoms with van der Waals surface area (Å²) in [6, 6.07) is 30.6. The molecule has 0 saturated carbocycles. The number of hydrogen-bond donors (Lipinski definition) is 2. The van der Waals surface area contributed by atoms with Crippen LogP contribution in [0.5, 0.6) is 5.75 Å². The van der Waals surface area contributed by atoms with E-state index in [0.29, 0.717) is 29.8 Å². The maximum Gasteiger partial charge on any atom is 0.127 e. The number of para-hydroxylation sites is 1. The fourth-order valence-electron chi connectivity index (χ4n) is 4.96. The quantitative estimate of drug-likeness (QED) is 0.191. The van der Waals surface area contributed by atoms with E-state index < -0.39 is 11.0 Å². The van der Waals surface area contributed by atoms with Gasteiger partial charge in [0.1, 0.15) is 23.3 Å². The van der Waals surface area contributed by atoms with Crippen LogP contribution in [0.2, 0.25) is 0 Å². The van der Waals surface area contributed by atoms with Crippen LogP contribution in [0.25, 0.3) is 11.1 Å². The molecule has 0 aliphatic heterocycles. The summed E-state index contributed by atoms with van der Waals surface area (Å²) in [6.07, 6.45) is 0.702. The van der Waals surface area contributed by atoms with Crippen LogP contribution in [0.15, 0.2) is 95.9 Å². The van der Waals surface area contributed by atoms with Gasteiger partial charge in [-0.2, -0.15) is 0 Å². The summed E-state index contributed by atoms with van der Waals surface area (Å²) in [5.41, 5.74) is 8.58. The molecule has 0 spiro atoms.